The van der Waals surface area contributed by atoms with Crippen molar-refractivity contribution in [3.63, 3.8) is 0 Å². The van der Waals surface area contributed by atoms with Crippen LogP contribution in [0.4, 0.5) is 5.69 Å². The molecule has 7 heteroatoms. The van der Waals surface area contributed by atoms with E-state index in [0.29, 0.717) is 23.5 Å². The number of hydrogen-bond acceptors (Lipinski definition) is 5. The van der Waals surface area contributed by atoms with Crippen molar-refractivity contribution in [2.24, 2.45) is 0 Å². The number of aliphatic hydroxyl groups excluding tert-OH is 1. The number of fused-ring (bicyclic) bond motifs is 1. The SMILES string of the molecule is COc1ccc(N2C(=O)c3ccncc3C2C)cc1OC1CCC(O)C1.Cl. The summed E-state index contributed by atoms with van der Waals surface area (Å²) in [5, 5.41) is 9.73. The third kappa shape index (κ3) is 3.47. The average molecular weight is 391 g/mol. The highest BCUT2D eigenvalue weighted by Gasteiger charge is 2.35. The number of rotatable bonds is 4. The first-order chi connectivity index (χ1) is 12.6. The third-order valence-electron chi connectivity index (χ3n) is 5.21. The Bertz CT molecular complexity index is 844. The van der Waals surface area contributed by atoms with Crippen molar-refractivity contribution in [3.05, 3.63) is 47.8 Å². The smallest absolute Gasteiger partial charge is 0.259 e. The summed E-state index contributed by atoms with van der Waals surface area (Å²) in [5.74, 6) is 1.18. The molecule has 3 atom stereocenters. The van der Waals surface area contributed by atoms with Gasteiger partial charge in [0.05, 0.1) is 19.3 Å². The summed E-state index contributed by atoms with van der Waals surface area (Å²) in [4.78, 5) is 18.7. The topological polar surface area (TPSA) is 71.9 Å². The lowest BCUT2D eigenvalue weighted by atomic mass is 10.1. The number of pyridine rings is 1. The summed E-state index contributed by atoms with van der Waals surface area (Å²) in [5.41, 5.74) is 2.37. The Hall–Kier alpha value is -2.31. The zero-order chi connectivity index (χ0) is 18.3. The van der Waals surface area contributed by atoms with Crippen molar-refractivity contribution in [2.45, 2.75) is 44.4 Å². The van der Waals surface area contributed by atoms with E-state index < -0.39 is 0 Å². The number of aromatic nitrogens is 1. The van der Waals surface area contributed by atoms with E-state index in [1.807, 2.05) is 25.1 Å². The second-order valence-corrected chi connectivity index (χ2v) is 6.86. The maximum Gasteiger partial charge on any atom is 0.259 e. The number of amides is 1. The minimum absolute atomic E-state index is 0. The predicted octanol–water partition coefficient (Wildman–Crippen LogP) is 3.53. The van der Waals surface area contributed by atoms with Gasteiger partial charge < -0.3 is 19.5 Å². The molecule has 4 rings (SSSR count). The Morgan fingerprint density at radius 1 is 1.22 bits per heavy atom. The molecular formula is C20H23ClN2O4. The molecule has 0 saturated heterocycles. The first-order valence-corrected chi connectivity index (χ1v) is 8.88. The van der Waals surface area contributed by atoms with Gasteiger partial charge in [-0.15, -0.1) is 12.4 Å². The number of carbonyl (C=O) groups excluding carboxylic acids is 1. The van der Waals surface area contributed by atoms with Gasteiger partial charge in [0.1, 0.15) is 6.10 Å². The molecular weight excluding hydrogens is 368 g/mol. The lowest BCUT2D eigenvalue weighted by molar-refractivity contribution is 0.0992. The number of benzene rings is 1. The zero-order valence-corrected chi connectivity index (χ0v) is 16.1. The van der Waals surface area contributed by atoms with Crippen LogP contribution in [0.3, 0.4) is 0 Å². The highest BCUT2D eigenvalue weighted by molar-refractivity contribution is 6.11. The second kappa shape index (κ2) is 7.74. The molecule has 27 heavy (non-hydrogen) atoms. The van der Waals surface area contributed by atoms with E-state index in [1.165, 1.54) is 0 Å². The Labute approximate surface area is 164 Å². The first-order valence-electron chi connectivity index (χ1n) is 8.88. The van der Waals surface area contributed by atoms with Gasteiger partial charge in [0.15, 0.2) is 11.5 Å². The molecule has 1 N–H and O–H groups in total. The van der Waals surface area contributed by atoms with Crippen LogP contribution in [0.25, 0.3) is 0 Å². The molecule has 0 spiro atoms. The number of ether oxygens (including phenoxy) is 2. The predicted molar refractivity (Wildman–Crippen MR) is 104 cm³/mol. The maximum absolute atomic E-state index is 12.9. The fraction of sp³-hybridized carbons (Fsp3) is 0.400. The van der Waals surface area contributed by atoms with Gasteiger partial charge in [0, 0.05) is 41.7 Å². The van der Waals surface area contributed by atoms with Gasteiger partial charge in [-0.1, -0.05) is 0 Å². The summed E-state index contributed by atoms with van der Waals surface area (Å²) in [6.45, 7) is 1.99. The van der Waals surface area contributed by atoms with Crippen LogP contribution in [0.1, 0.15) is 48.1 Å². The molecule has 1 aliphatic heterocycles. The van der Waals surface area contributed by atoms with Crippen molar-refractivity contribution in [3.8, 4) is 11.5 Å². The highest BCUT2D eigenvalue weighted by Crippen LogP contribution is 2.41. The summed E-state index contributed by atoms with van der Waals surface area (Å²) in [7, 11) is 1.59. The van der Waals surface area contributed by atoms with Crippen molar-refractivity contribution >= 4 is 24.0 Å². The number of aliphatic hydroxyl groups is 1. The lowest BCUT2D eigenvalue weighted by Crippen LogP contribution is -2.26. The Morgan fingerprint density at radius 2 is 2.04 bits per heavy atom. The Kier molecular flexibility index (Phi) is 5.58. The Balaban J connectivity index is 0.00000210. The van der Waals surface area contributed by atoms with E-state index in [2.05, 4.69) is 4.98 Å². The van der Waals surface area contributed by atoms with Crippen molar-refractivity contribution < 1.29 is 19.4 Å². The molecule has 1 amide bonds. The average Bonchev–Trinajstić information content (AvgIpc) is 3.17. The molecule has 1 aromatic carbocycles. The lowest BCUT2D eigenvalue weighted by Gasteiger charge is -2.24. The summed E-state index contributed by atoms with van der Waals surface area (Å²) in [6.07, 6.45) is 5.21. The monoisotopic (exact) mass is 390 g/mol. The van der Waals surface area contributed by atoms with Crippen molar-refractivity contribution in [2.75, 3.05) is 12.0 Å². The van der Waals surface area contributed by atoms with Crippen LogP contribution in [0.5, 0.6) is 11.5 Å². The second-order valence-electron chi connectivity index (χ2n) is 6.86. The molecule has 1 fully saturated rings. The van der Waals surface area contributed by atoms with Gasteiger partial charge in [0.25, 0.3) is 5.91 Å². The van der Waals surface area contributed by atoms with Gasteiger partial charge in [-0.3, -0.25) is 9.78 Å². The number of carbonyl (C=O) groups is 1. The molecule has 144 valence electrons. The van der Waals surface area contributed by atoms with Crippen molar-refractivity contribution in [1.29, 1.82) is 0 Å². The van der Waals surface area contributed by atoms with Crippen LogP contribution in [0.15, 0.2) is 36.7 Å². The normalized spacial score (nSPS) is 23.7. The molecule has 0 bridgehead atoms. The minimum Gasteiger partial charge on any atom is -0.493 e. The van der Waals surface area contributed by atoms with Crippen molar-refractivity contribution in [1.82, 2.24) is 4.98 Å². The summed E-state index contributed by atoms with van der Waals surface area (Å²) < 4.78 is 11.5. The van der Waals surface area contributed by atoms with Crippen LogP contribution in [0, 0.1) is 0 Å². The van der Waals surface area contributed by atoms with Crippen LogP contribution in [-0.2, 0) is 0 Å². The molecule has 1 aromatic heterocycles. The quantitative estimate of drug-likeness (QED) is 0.864. The fourth-order valence-corrected chi connectivity index (χ4v) is 3.83. The van der Waals surface area contributed by atoms with E-state index in [9.17, 15) is 9.90 Å². The molecule has 1 saturated carbocycles. The number of halogens is 1. The largest absolute Gasteiger partial charge is 0.493 e. The fourth-order valence-electron chi connectivity index (χ4n) is 3.83. The number of anilines is 1. The molecule has 3 unspecified atom stereocenters. The Morgan fingerprint density at radius 3 is 2.70 bits per heavy atom. The molecule has 2 heterocycles. The standard InChI is InChI=1S/C20H22N2O4.ClH/c1-12-17-11-21-8-7-16(17)20(24)22(12)13-3-6-18(25-2)19(9-13)26-15-5-4-14(23)10-15;/h3,6-9,11-12,14-15,23H,4-5,10H2,1-2H3;1H. The molecule has 6 nitrogen and oxygen atoms in total. The zero-order valence-electron chi connectivity index (χ0n) is 15.3. The highest BCUT2D eigenvalue weighted by atomic mass is 35.5. The van der Waals surface area contributed by atoms with Crippen LogP contribution >= 0.6 is 12.4 Å². The van der Waals surface area contributed by atoms with Gasteiger partial charge in [-0.2, -0.15) is 0 Å². The van der Waals surface area contributed by atoms with Gasteiger partial charge >= 0.3 is 0 Å². The molecule has 2 aromatic rings. The van der Waals surface area contributed by atoms with Crippen LogP contribution in [-0.4, -0.2) is 35.3 Å². The molecule has 2 aliphatic rings. The maximum atomic E-state index is 12.9. The summed E-state index contributed by atoms with van der Waals surface area (Å²) >= 11 is 0. The number of nitrogens with zero attached hydrogens (tertiary/aromatic N) is 2. The molecule has 0 radical (unpaired) electrons. The first kappa shape index (κ1) is 19.5. The van der Waals surface area contributed by atoms with Crippen LogP contribution in [0.2, 0.25) is 0 Å². The van der Waals surface area contributed by atoms with Crippen LogP contribution < -0.4 is 14.4 Å². The van der Waals surface area contributed by atoms with E-state index >= 15 is 0 Å². The van der Waals surface area contributed by atoms with Gasteiger partial charge in [-0.05, 0) is 38.0 Å². The van der Waals surface area contributed by atoms with Gasteiger partial charge in [-0.25, -0.2) is 0 Å². The van der Waals surface area contributed by atoms with E-state index in [0.717, 1.165) is 24.1 Å². The minimum atomic E-state index is -0.309. The third-order valence-corrected chi connectivity index (χ3v) is 5.21. The van der Waals surface area contributed by atoms with E-state index in [-0.39, 0.29) is 36.6 Å². The van der Waals surface area contributed by atoms with Gasteiger partial charge in [0.2, 0.25) is 0 Å². The van der Waals surface area contributed by atoms with E-state index in [1.54, 1.807) is 30.5 Å². The molecule has 1 aliphatic carbocycles. The number of methoxy groups -OCH3 is 1. The summed E-state index contributed by atoms with van der Waals surface area (Å²) in [6, 6.07) is 7.19. The number of hydrogen-bond donors (Lipinski definition) is 1. The van der Waals surface area contributed by atoms with E-state index in [4.69, 9.17) is 9.47 Å².